The largest absolute Gasteiger partial charge is 0.493 e. The molecule has 0 atom stereocenters. The highest BCUT2D eigenvalue weighted by molar-refractivity contribution is 14.0. The van der Waals surface area contributed by atoms with Crippen molar-refractivity contribution in [2.24, 2.45) is 10.9 Å². The fourth-order valence-corrected chi connectivity index (χ4v) is 1.91. The van der Waals surface area contributed by atoms with Gasteiger partial charge in [-0.3, -0.25) is 0 Å². The summed E-state index contributed by atoms with van der Waals surface area (Å²) >= 11 is 0. The van der Waals surface area contributed by atoms with E-state index < -0.39 is 0 Å². The monoisotopic (exact) mass is 463 g/mol. The summed E-state index contributed by atoms with van der Waals surface area (Å²) in [6.45, 7) is 13.2. The Balaban J connectivity index is 0.00000576. The lowest BCUT2D eigenvalue weighted by atomic mass is 10.1. The third kappa shape index (κ3) is 9.89. The van der Waals surface area contributed by atoms with Gasteiger partial charge in [-0.25, -0.2) is 4.99 Å². The molecule has 1 rings (SSSR count). The lowest BCUT2D eigenvalue weighted by Crippen LogP contribution is -2.45. The van der Waals surface area contributed by atoms with Crippen molar-refractivity contribution in [1.29, 1.82) is 0 Å². The Morgan fingerprint density at radius 1 is 1.20 bits per heavy atom. The molecule has 0 heterocycles. The van der Waals surface area contributed by atoms with Gasteiger partial charge in [0.25, 0.3) is 0 Å². The quantitative estimate of drug-likeness (QED) is 0.332. The van der Waals surface area contributed by atoms with E-state index in [0.717, 1.165) is 23.8 Å². The summed E-state index contributed by atoms with van der Waals surface area (Å²) in [4.78, 5) is 4.67. The van der Waals surface area contributed by atoms with Crippen molar-refractivity contribution >= 4 is 29.9 Å². The number of halogens is 1. The lowest BCUT2D eigenvalue weighted by Gasteiger charge is -2.24. The minimum atomic E-state index is -0.242. The molecule has 0 unspecified atom stereocenters. The van der Waals surface area contributed by atoms with Crippen LogP contribution in [0.5, 0.6) is 5.75 Å². The Morgan fingerprint density at radius 2 is 1.88 bits per heavy atom. The van der Waals surface area contributed by atoms with Gasteiger partial charge in [0.15, 0.2) is 5.96 Å². The summed E-state index contributed by atoms with van der Waals surface area (Å²) < 4.78 is 11.3. The summed E-state index contributed by atoms with van der Waals surface area (Å²) in [5, 5.41) is 6.59. The fourth-order valence-electron chi connectivity index (χ4n) is 1.91. The average molecular weight is 463 g/mol. The van der Waals surface area contributed by atoms with Gasteiger partial charge in [-0.1, -0.05) is 32.0 Å². The molecule has 0 aromatic heterocycles. The van der Waals surface area contributed by atoms with Crippen molar-refractivity contribution in [3.05, 3.63) is 29.8 Å². The summed E-state index contributed by atoms with van der Waals surface area (Å²) in [7, 11) is 1.72. The maximum Gasteiger partial charge on any atom is 0.191 e. The van der Waals surface area contributed by atoms with Crippen LogP contribution in [0.2, 0.25) is 0 Å². The van der Waals surface area contributed by atoms with Crippen molar-refractivity contribution in [1.82, 2.24) is 10.6 Å². The molecular formula is C19H34IN3O2. The zero-order chi connectivity index (χ0) is 18.0. The minimum absolute atomic E-state index is 0. The van der Waals surface area contributed by atoms with Crippen LogP contribution in [0.15, 0.2) is 29.3 Å². The predicted octanol–water partition coefficient (Wildman–Crippen LogP) is 3.82. The van der Waals surface area contributed by atoms with Gasteiger partial charge in [0.2, 0.25) is 0 Å². The van der Waals surface area contributed by atoms with Crippen LogP contribution < -0.4 is 15.4 Å². The third-order valence-corrected chi connectivity index (χ3v) is 3.53. The number of hydrogen-bond acceptors (Lipinski definition) is 3. The van der Waals surface area contributed by atoms with Crippen LogP contribution in [0.25, 0.3) is 0 Å². The Kier molecular flexibility index (Phi) is 11.8. The second-order valence-corrected chi connectivity index (χ2v) is 6.83. The number of aliphatic imine (C=N–C) groups is 1. The van der Waals surface area contributed by atoms with Gasteiger partial charge in [-0.15, -0.1) is 24.0 Å². The summed E-state index contributed by atoms with van der Waals surface area (Å²) in [5.74, 6) is 2.18. The van der Waals surface area contributed by atoms with E-state index in [1.54, 1.807) is 7.11 Å². The molecule has 0 saturated carbocycles. The number of rotatable bonds is 9. The first-order valence-electron chi connectivity index (χ1n) is 8.66. The van der Waals surface area contributed by atoms with Gasteiger partial charge < -0.3 is 20.1 Å². The molecule has 0 bridgehead atoms. The van der Waals surface area contributed by atoms with E-state index >= 15 is 0 Å². The summed E-state index contributed by atoms with van der Waals surface area (Å²) in [5.41, 5.74) is 0.843. The molecule has 5 nitrogen and oxygen atoms in total. The number of hydrogen-bond donors (Lipinski definition) is 2. The first-order valence-corrected chi connectivity index (χ1v) is 8.66. The molecule has 2 N–H and O–H groups in total. The van der Waals surface area contributed by atoms with Crippen LogP contribution in [-0.2, 0) is 11.3 Å². The van der Waals surface area contributed by atoms with Gasteiger partial charge in [0.05, 0.1) is 18.8 Å². The van der Waals surface area contributed by atoms with Gasteiger partial charge in [0.1, 0.15) is 5.75 Å². The smallest absolute Gasteiger partial charge is 0.191 e. The van der Waals surface area contributed by atoms with Crippen molar-refractivity contribution in [3.63, 3.8) is 0 Å². The molecule has 0 amide bonds. The Hall–Kier alpha value is -1.02. The van der Waals surface area contributed by atoms with Crippen molar-refractivity contribution in [2.45, 2.75) is 46.8 Å². The second kappa shape index (κ2) is 12.4. The van der Waals surface area contributed by atoms with E-state index in [1.165, 1.54) is 0 Å². The lowest BCUT2D eigenvalue weighted by molar-refractivity contribution is 0.0268. The van der Waals surface area contributed by atoms with Crippen LogP contribution in [0, 0.1) is 5.92 Å². The molecule has 1 aromatic rings. The van der Waals surface area contributed by atoms with Crippen LogP contribution in [0.3, 0.4) is 0 Å². The fraction of sp³-hybridized carbons (Fsp3) is 0.632. The Bertz CT molecular complexity index is 519. The maximum absolute atomic E-state index is 5.89. The standard InChI is InChI=1S/C19H33N3O2.HI/c1-7-20-18(22-14-19(4,5)23-6)21-12-16-10-8-9-11-17(16)24-13-15(2)3;/h8-11,15H,7,12-14H2,1-6H3,(H2,20,21,22);1H. The zero-order valence-corrected chi connectivity index (χ0v) is 18.7. The normalized spacial score (nSPS) is 11.9. The van der Waals surface area contributed by atoms with Gasteiger partial charge in [-0.2, -0.15) is 0 Å². The molecule has 6 heteroatoms. The summed E-state index contributed by atoms with van der Waals surface area (Å²) in [6, 6.07) is 8.07. The van der Waals surface area contributed by atoms with Crippen molar-refractivity contribution in [2.75, 3.05) is 26.8 Å². The molecule has 0 aliphatic heterocycles. The predicted molar refractivity (Wildman–Crippen MR) is 116 cm³/mol. The molecule has 144 valence electrons. The highest BCUT2D eigenvalue weighted by Gasteiger charge is 2.16. The number of methoxy groups -OCH3 is 1. The molecule has 0 saturated heterocycles. The molecule has 0 radical (unpaired) electrons. The topological polar surface area (TPSA) is 54.9 Å². The maximum atomic E-state index is 5.89. The van der Waals surface area contributed by atoms with Crippen molar-refractivity contribution < 1.29 is 9.47 Å². The van der Waals surface area contributed by atoms with Crippen LogP contribution in [0.4, 0.5) is 0 Å². The van der Waals surface area contributed by atoms with E-state index in [2.05, 4.69) is 42.5 Å². The average Bonchev–Trinajstić information content (AvgIpc) is 2.56. The third-order valence-electron chi connectivity index (χ3n) is 3.53. The Labute approximate surface area is 170 Å². The molecule has 0 spiro atoms. The van der Waals surface area contributed by atoms with Crippen molar-refractivity contribution in [3.8, 4) is 5.75 Å². The van der Waals surface area contributed by atoms with Gasteiger partial charge >= 0.3 is 0 Å². The van der Waals surface area contributed by atoms with Crippen LogP contribution in [-0.4, -0.2) is 38.4 Å². The number of ether oxygens (including phenoxy) is 2. The molecule has 0 aliphatic carbocycles. The number of guanidine groups is 1. The number of benzene rings is 1. The zero-order valence-electron chi connectivity index (χ0n) is 16.4. The van der Waals surface area contributed by atoms with E-state index in [9.17, 15) is 0 Å². The van der Waals surface area contributed by atoms with Gasteiger partial charge in [0, 0.05) is 25.8 Å². The van der Waals surface area contributed by atoms with E-state index in [-0.39, 0.29) is 29.6 Å². The van der Waals surface area contributed by atoms with Gasteiger partial charge in [-0.05, 0) is 32.8 Å². The first kappa shape index (κ1) is 24.0. The second-order valence-electron chi connectivity index (χ2n) is 6.83. The molecular weight excluding hydrogens is 429 g/mol. The number of nitrogens with one attached hydrogen (secondary N) is 2. The highest BCUT2D eigenvalue weighted by atomic mass is 127. The molecule has 25 heavy (non-hydrogen) atoms. The Morgan fingerprint density at radius 3 is 2.48 bits per heavy atom. The van der Waals surface area contributed by atoms with E-state index in [4.69, 9.17) is 9.47 Å². The molecule has 0 aliphatic rings. The van der Waals surface area contributed by atoms with E-state index in [0.29, 0.717) is 25.6 Å². The van der Waals surface area contributed by atoms with Crippen LogP contribution in [0.1, 0.15) is 40.2 Å². The minimum Gasteiger partial charge on any atom is -0.493 e. The van der Waals surface area contributed by atoms with Crippen LogP contribution >= 0.6 is 24.0 Å². The molecule has 0 fully saturated rings. The molecule has 1 aromatic carbocycles. The summed E-state index contributed by atoms with van der Waals surface area (Å²) in [6.07, 6.45) is 0. The first-order chi connectivity index (χ1) is 11.4. The van der Waals surface area contributed by atoms with E-state index in [1.807, 2.05) is 32.0 Å². The number of nitrogens with zero attached hydrogens (tertiary/aromatic N) is 1. The number of para-hydroxylation sites is 1. The SMILES string of the molecule is CCNC(=NCc1ccccc1OCC(C)C)NCC(C)(C)OC.I. The highest BCUT2D eigenvalue weighted by Crippen LogP contribution is 2.19.